The number of rotatable bonds is 7. The fourth-order valence-corrected chi connectivity index (χ4v) is 4.20. The number of nitrogens with zero attached hydrogens (tertiary/aromatic N) is 5. The highest BCUT2D eigenvalue weighted by Gasteiger charge is 2.29. The van der Waals surface area contributed by atoms with Crippen LogP contribution in [0.3, 0.4) is 0 Å². The molecular weight excluding hydrogens is 420 g/mol. The van der Waals surface area contributed by atoms with Gasteiger partial charge in [0.05, 0.1) is 5.92 Å². The lowest BCUT2D eigenvalue weighted by atomic mass is 9.96. The number of amides is 2. The van der Waals surface area contributed by atoms with Gasteiger partial charge in [0.2, 0.25) is 17.8 Å². The Morgan fingerprint density at radius 3 is 2.58 bits per heavy atom. The van der Waals surface area contributed by atoms with Crippen molar-refractivity contribution in [3.63, 3.8) is 0 Å². The maximum absolute atomic E-state index is 12.9. The molecule has 3 aromatic rings. The van der Waals surface area contributed by atoms with Crippen molar-refractivity contribution < 1.29 is 9.59 Å². The van der Waals surface area contributed by atoms with Gasteiger partial charge in [-0.05, 0) is 51.0 Å². The smallest absolute Gasteiger partial charge is 0.227 e. The summed E-state index contributed by atoms with van der Waals surface area (Å²) in [5, 5.41) is 6.04. The number of carbonyl (C=O) groups is 2. The van der Waals surface area contributed by atoms with Crippen LogP contribution in [-0.2, 0) is 9.59 Å². The van der Waals surface area contributed by atoms with Crippen molar-refractivity contribution in [1.29, 1.82) is 0 Å². The Balaban J connectivity index is 1.52. The highest BCUT2D eigenvalue weighted by atomic mass is 16.2. The Hall–Kier alpha value is -3.69. The molecule has 1 aliphatic rings. The lowest BCUT2D eigenvalue weighted by Gasteiger charge is -2.34. The predicted molar refractivity (Wildman–Crippen MR) is 129 cm³/mol. The molecule has 1 atom stereocenters. The minimum absolute atomic E-state index is 0.0299. The van der Waals surface area contributed by atoms with Gasteiger partial charge in [-0.1, -0.05) is 0 Å². The zero-order valence-corrected chi connectivity index (χ0v) is 19.3. The molecular formula is C23H30N8O2. The summed E-state index contributed by atoms with van der Waals surface area (Å²) in [6.07, 6.45) is 3.31. The molecule has 33 heavy (non-hydrogen) atoms. The van der Waals surface area contributed by atoms with Crippen LogP contribution in [0.2, 0.25) is 0 Å². The van der Waals surface area contributed by atoms with E-state index in [1.54, 1.807) is 0 Å². The zero-order chi connectivity index (χ0) is 23.4. The molecule has 1 fully saturated rings. The summed E-state index contributed by atoms with van der Waals surface area (Å²) in [5.41, 5.74) is 2.82. The van der Waals surface area contributed by atoms with Crippen LogP contribution in [-0.4, -0.2) is 62.8 Å². The van der Waals surface area contributed by atoms with E-state index in [9.17, 15) is 9.59 Å². The fourth-order valence-electron chi connectivity index (χ4n) is 4.20. The number of carbonyl (C=O) groups excluding carboxylic acids is 2. The third-order valence-corrected chi connectivity index (χ3v) is 5.89. The summed E-state index contributed by atoms with van der Waals surface area (Å²) in [5.74, 6) is 1.38. The second-order valence-electron chi connectivity index (χ2n) is 8.16. The molecule has 0 bridgehead atoms. The molecule has 0 aliphatic carbocycles. The number of H-pyrrole nitrogens is 1. The quantitative estimate of drug-likeness (QED) is 0.506. The molecule has 10 heteroatoms. The lowest BCUT2D eigenvalue weighted by molar-refractivity contribution is -0.135. The third kappa shape index (κ3) is 5.05. The van der Waals surface area contributed by atoms with Gasteiger partial charge < -0.3 is 25.4 Å². The Labute approximate surface area is 192 Å². The van der Waals surface area contributed by atoms with Gasteiger partial charge in [-0.2, -0.15) is 4.98 Å². The Kier molecular flexibility index (Phi) is 6.71. The molecule has 10 nitrogen and oxygen atoms in total. The molecule has 3 N–H and O–H groups in total. The minimum atomic E-state index is -0.114. The topological polar surface area (TPSA) is 119 Å². The van der Waals surface area contributed by atoms with Crippen LogP contribution >= 0.6 is 0 Å². The molecule has 1 aliphatic heterocycles. The predicted octanol–water partition coefficient (Wildman–Crippen LogP) is 3.14. The maximum Gasteiger partial charge on any atom is 0.227 e. The zero-order valence-electron chi connectivity index (χ0n) is 19.3. The second kappa shape index (κ2) is 9.85. The number of hydrogen-bond acceptors (Lipinski definition) is 7. The summed E-state index contributed by atoms with van der Waals surface area (Å²) in [6.45, 7) is 8.44. The highest BCUT2D eigenvalue weighted by molar-refractivity contribution is 5.89. The lowest BCUT2D eigenvalue weighted by Crippen LogP contribution is -2.45. The van der Waals surface area contributed by atoms with Crippen LogP contribution in [0.1, 0.15) is 33.6 Å². The van der Waals surface area contributed by atoms with Crippen LogP contribution in [0.4, 0.5) is 23.1 Å². The molecule has 0 radical (unpaired) electrons. The normalized spacial score (nSPS) is 16.0. The van der Waals surface area contributed by atoms with Crippen molar-refractivity contribution in [1.82, 2.24) is 24.8 Å². The number of fused-ring (bicyclic) bond motifs is 1. The molecule has 0 saturated carbocycles. The van der Waals surface area contributed by atoms with Crippen molar-refractivity contribution in [3.05, 3.63) is 30.6 Å². The average molecular weight is 451 g/mol. The van der Waals surface area contributed by atoms with Gasteiger partial charge in [-0.3, -0.25) is 9.59 Å². The molecule has 0 spiro atoms. The first kappa shape index (κ1) is 22.5. The van der Waals surface area contributed by atoms with E-state index in [-0.39, 0.29) is 17.7 Å². The number of aromatic amines is 1. The molecule has 2 aromatic heterocycles. The van der Waals surface area contributed by atoms with E-state index in [0.29, 0.717) is 29.5 Å². The summed E-state index contributed by atoms with van der Waals surface area (Å²) in [6, 6.07) is 7.37. The summed E-state index contributed by atoms with van der Waals surface area (Å²) < 4.78 is 0. The first-order valence-corrected chi connectivity index (χ1v) is 11.4. The number of anilines is 4. The van der Waals surface area contributed by atoms with Crippen molar-refractivity contribution in [2.45, 2.75) is 33.6 Å². The number of piperidine rings is 1. The molecule has 1 unspecified atom stereocenters. The summed E-state index contributed by atoms with van der Waals surface area (Å²) in [7, 11) is 0. The summed E-state index contributed by atoms with van der Waals surface area (Å²) >= 11 is 0. The van der Waals surface area contributed by atoms with Crippen molar-refractivity contribution >= 4 is 46.1 Å². The van der Waals surface area contributed by atoms with Gasteiger partial charge >= 0.3 is 0 Å². The first-order valence-electron chi connectivity index (χ1n) is 11.4. The largest absolute Gasteiger partial charge is 0.343 e. The van der Waals surface area contributed by atoms with E-state index >= 15 is 0 Å². The van der Waals surface area contributed by atoms with Crippen molar-refractivity contribution in [3.8, 4) is 0 Å². The molecule has 1 aromatic carbocycles. The Bertz CT molecular complexity index is 1120. The second-order valence-corrected chi connectivity index (χ2v) is 8.16. The molecule has 174 valence electrons. The van der Waals surface area contributed by atoms with Crippen LogP contribution in [0.25, 0.3) is 11.2 Å². The van der Waals surface area contributed by atoms with E-state index in [1.165, 1.54) is 13.3 Å². The Morgan fingerprint density at radius 1 is 1.15 bits per heavy atom. The first-order chi connectivity index (χ1) is 16.0. The fraction of sp³-hybridized carbons (Fsp3) is 0.435. The molecule has 1 saturated heterocycles. The number of benzene rings is 1. The van der Waals surface area contributed by atoms with Gasteiger partial charge in [-0.15, -0.1) is 0 Å². The highest BCUT2D eigenvalue weighted by Crippen LogP contribution is 2.27. The van der Waals surface area contributed by atoms with E-state index < -0.39 is 0 Å². The number of nitrogens with one attached hydrogen (secondary N) is 3. The SMILES string of the molecule is CCN(CC)C(=O)C1CCCN(c2nc3ncnc(Nc4ccc(NC(C)=O)cc4)c3[nH]2)C1. The average Bonchev–Trinajstić information content (AvgIpc) is 3.26. The van der Waals surface area contributed by atoms with Gasteiger partial charge in [0, 0.05) is 44.5 Å². The standard InChI is InChI=1S/C23H30N8O2/c1-4-30(5-2)22(33)16-7-6-12-31(13-16)23-28-19-20(24-14-25-21(19)29-23)27-18-10-8-17(9-11-18)26-15(3)32/h8-11,14,16H,4-7,12-13H2,1-3H3,(H,26,32)(H2,24,25,27,28,29). The van der Waals surface area contributed by atoms with E-state index in [2.05, 4.69) is 35.5 Å². The third-order valence-electron chi connectivity index (χ3n) is 5.89. The Morgan fingerprint density at radius 2 is 1.88 bits per heavy atom. The molecule has 4 rings (SSSR count). The molecule has 3 heterocycles. The number of hydrogen-bond donors (Lipinski definition) is 3. The van der Waals surface area contributed by atoms with Gasteiger partial charge in [0.15, 0.2) is 11.5 Å². The van der Waals surface area contributed by atoms with E-state index in [4.69, 9.17) is 0 Å². The summed E-state index contributed by atoms with van der Waals surface area (Å²) in [4.78, 5) is 44.8. The van der Waals surface area contributed by atoms with Crippen LogP contribution < -0.4 is 15.5 Å². The van der Waals surface area contributed by atoms with Crippen LogP contribution in [0.15, 0.2) is 30.6 Å². The molecule has 2 amide bonds. The maximum atomic E-state index is 12.9. The number of imidazole rings is 1. The van der Waals surface area contributed by atoms with E-state index in [1.807, 2.05) is 43.0 Å². The van der Waals surface area contributed by atoms with E-state index in [0.717, 1.165) is 43.9 Å². The van der Waals surface area contributed by atoms with Gasteiger partial charge in [-0.25, -0.2) is 9.97 Å². The van der Waals surface area contributed by atoms with Gasteiger partial charge in [0.25, 0.3) is 0 Å². The van der Waals surface area contributed by atoms with Crippen LogP contribution in [0, 0.1) is 5.92 Å². The number of aromatic nitrogens is 4. The monoisotopic (exact) mass is 450 g/mol. The van der Waals surface area contributed by atoms with Crippen molar-refractivity contribution in [2.75, 3.05) is 41.7 Å². The van der Waals surface area contributed by atoms with Gasteiger partial charge in [0.1, 0.15) is 11.8 Å². The van der Waals surface area contributed by atoms with Crippen LogP contribution in [0.5, 0.6) is 0 Å². The van der Waals surface area contributed by atoms with Crippen molar-refractivity contribution in [2.24, 2.45) is 5.92 Å². The minimum Gasteiger partial charge on any atom is -0.343 e.